The Balaban J connectivity index is 1.74. The van der Waals surface area contributed by atoms with Gasteiger partial charge in [-0.2, -0.15) is 15.0 Å². The number of methoxy groups -OCH3 is 1. The predicted molar refractivity (Wildman–Crippen MR) is 110 cm³/mol. The molecule has 2 aromatic heterocycles. The summed E-state index contributed by atoms with van der Waals surface area (Å²) in [7, 11) is 1.50. The summed E-state index contributed by atoms with van der Waals surface area (Å²) in [6.45, 7) is 2.76. The van der Waals surface area contributed by atoms with E-state index in [9.17, 15) is 4.39 Å². The van der Waals surface area contributed by atoms with E-state index >= 15 is 0 Å². The van der Waals surface area contributed by atoms with Crippen molar-refractivity contribution in [1.29, 1.82) is 0 Å². The van der Waals surface area contributed by atoms with Crippen molar-refractivity contribution in [1.82, 2.24) is 19.9 Å². The van der Waals surface area contributed by atoms with Gasteiger partial charge in [-0.05, 0) is 30.2 Å². The zero-order chi connectivity index (χ0) is 20.4. The lowest BCUT2D eigenvalue weighted by molar-refractivity contribution is 0.379. The first kappa shape index (κ1) is 18.8. The number of nitrogens with two attached hydrogens (primary N) is 1. The minimum atomic E-state index is -0.289. The summed E-state index contributed by atoms with van der Waals surface area (Å²) in [5.41, 5.74) is 10.4. The van der Waals surface area contributed by atoms with Crippen LogP contribution in [-0.2, 0) is 13.1 Å². The Morgan fingerprint density at radius 1 is 1.14 bits per heavy atom. The van der Waals surface area contributed by atoms with Crippen molar-refractivity contribution in [2.75, 3.05) is 12.4 Å². The largest absolute Gasteiger partial charge is 0.467 e. The van der Waals surface area contributed by atoms with E-state index in [0.29, 0.717) is 24.9 Å². The Morgan fingerprint density at radius 2 is 1.97 bits per heavy atom. The number of hydrogen-bond acceptors (Lipinski definition) is 6. The number of aromatic nitrogens is 4. The number of ether oxygens (including phenoxy) is 1. The molecular weight excluding hydrogens is 371 g/mol. The molecule has 8 heteroatoms. The third-order valence-corrected chi connectivity index (χ3v) is 4.69. The van der Waals surface area contributed by atoms with Crippen molar-refractivity contribution < 1.29 is 9.13 Å². The van der Waals surface area contributed by atoms with E-state index in [1.165, 1.54) is 19.2 Å². The molecule has 4 rings (SSSR count). The molecule has 4 aromatic rings. The van der Waals surface area contributed by atoms with Crippen LogP contribution in [0.5, 0.6) is 6.01 Å². The Hall–Kier alpha value is -3.52. The summed E-state index contributed by atoms with van der Waals surface area (Å²) >= 11 is 0. The van der Waals surface area contributed by atoms with Gasteiger partial charge in [-0.3, -0.25) is 0 Å². The van der Waals surface area contributed by atoms with Crippen LogP contribution < -0.4 is 15.8 Å². The van der Waals surface area contributed by atoms with Gasteiger partial charge in [0.05, 0.1) is 12.6 Å². The number of H-pyrrole nitrogens is 1. The van der Waals surface area contributed by atoms with Crippen molar-refractivity contribution in [2.45, 2.75) is 20.0 Å². The number of rotatable bonds is 6. The molecule has 4 N–H and O–H groups in total. The highest BCUT2D eigenvalue weighted by Crippen LogP contribution is 2.32. The van der Waals surface area contributed by atoms with Crippen molar-refractivity contribution >= 4 is 16.9 Å². The summed E-state index contributed by atoms with van der Waals surface area (Å²) in [6.07, 6.45) is 0. The van der Waals surface area contributed by atoms with E-state index < -0.39 is 0 Å². The zero-order valence-corrected chi connectivity index (χ0v) is 16.2. The maximum absolute atomic E-state index is 13.4. The van der Waals surface area contributed by atoms with Gasteiger partial charge >= 0.3 is 6.01 Å². The number of para-hydroxylation sites is 1. The van der Waals surface area contributed by atoms with Crippen LogP contribution in [0.3, 0.4) is 0 Å². The standard InChI is InChI=1S/C21H21FN6O/c1-12-17(16-8-4-6-14(10-23)18(16)25-12)19-26-20(28-21(27-19)29-2)24-11-13-5-3-7-15(22)9-13/h3-9,25H,10-11,23H2,1-2H3,(H,24,26,27,28). The highest BCUT2D eigenvalue weighted by Gasteiger charge is 2.17. The second-order valence-electron chi connectivity index (χ2n) is 6.62. The molecule has 0 fully saturated rings. The van der Waals surface area contributed by atoms with Gasteiger partial charge in [0.1, 0.15) is 5.82 Å². The zero-order valence-electron chi connectivity index (χ0n) is 16.2. The van der Waals surface area contributed by atoms with Gasteiger partial charge in [0.15, 0.2) is 5.82 Å². The second-order valence-corrected chi connectivity index (χ2v) is 6.62. The van der Waals surface area contributed by atoms with Gasteiger partial charge < -0.3 is 20.8 Å². The third kappa shape index (κ3) is 3.74. The molecule has 2 aromatic carbocycles. The predicted octanol–water partition coefficient (Wildman–Crippen LogP) is 3.55. The van der Waals surface area contributed by atoms with Crippen molar-refractivity contribution in [2.24, 2.45) is 5.73 Å². The minimum Gasteiger partial charge on any atom is -0.467 e. The molecule has 0 radical (unpaired) electrons. The topological polar surface area (TPSA) is 102 Å². The molecule has 0 aliphatic rings. The summed E-state index contributed by atoms with van der Waals surface area (Å²) in [4.78, 5) is 16.6. The van der Waals surface area contributed by atoms with Crippen molar-refractivity contribution in [3.63, 3.8) is 0 Å². The van der Waals surface area contributed by atoms with E-state index in [4.69, 9.17) is 10.5 Å². The van der Waals surface area contributed by atoms with E-state index in [-0.39, 0.29) is 11.8 Å². The van der Waals surface area contributed by atoms with E-state index in [1.54, 1.807) is 6.07 Å². The Bertz CT molecular complexity index is 1170. The number of aryl methyl sites for hydroxylation is 1. The van der Waals surface area contributed by atoms with Crippen molar-refractivity contribution in [3.05, 3.63) is 65.1 Å². The average Bonchev–Trinajstić information content (AvgIpc) is 3.08. The number of nitrogens with zero attached hydrogens (tertiary/aromatic N) is 3. The molecule has 0 amide bonds. The lowest BCUT2D eigenvalue weighted by Crippen LogP contribution is -2.07. The van der Waals surface area contributed by atoms with Crippen LogP contribution in [0.2, 0.25) is 0 Å². The molecule has 148 valence electrons. The average molecular weight is 392 g/mol. The molecule has 0 saturated carbocycles. The van der Waals surface area contributed by atoms with Crippen LogP contribution in [0.1, 0.15) is 16.8 Å². The van der Waals surface area contributed by atoms with Crippen LogP contribution in [0.4, 0.5) is 10.3 Å². The summed E-state index contributed by atoms with van der Waals surface area (Å²) in [5.74, 6) is 0.541. The first-order chi connectivity index (χ1) is 14.1. The van der Waals surface area contributed by atoms with Gasteiger partial charge in [0.2, 0.25) is 5.95 Å². The minimum absolute atomic E-state index is 0.195. The number of aromatic amines is 1. The van der Waals surface area contributed by atoms with Crippen LogP contribution in [-0.4, -0.2) is 27.0 Å². The maximum atomic E-state index is 13.4. The van der Waals surface area contributed by atoms with Crippen LogP contribution in [0.25, 0.3) is 22.3 Å². The molecule has 0 unspecified atom stereocenters. The van der Waals surface area contributed by atoms with Crippen LogP contribution in [0.15, 0.2) is 42.5 Å². The molecule has 0 atom stereocenters. The Kier molecular flexibility index (Phi) is 5.09. The van der Waals surface area contributed by atoms with Crippen LogP contribution >= 0.6 is 0 Å². The molecule has 29 heavy (non-hydrogen) atoms. The molecule has 0 aliphatic heterocycles. The molecule has 7 nitrogen and oxygen atoms in total. The van der Waals surface area contributed by atoms with E-state index in [2.05, 4.69) is 25.3 Å². The van der Waals surface area contributed by atoms with Gasteiger partial charge in [0.25, 0.3) is 0 Å². The third-order valence-electron chi connectivity index (χ3n) is 4.69. The summed E-state index contributed by atoms with van der Waals surface area (Å²) in [5, 5.41) is 4.10. The number of anilines is 1. The molecule has 0 spiro atoms. The fourth-order valence-corrected chi connectivity index (χ4v) is 3.33. The van der Waals surface area contributed by atoms with Gasteiger partial charge in [-0.1, -0.05) is 30.3 Å². The SMILES string of the molecule is COc1nc(NCc2cccc(F)c2)nc(-c2c(C)[nH]c3c(CN)cccc23)n1. The molecular formula is C21H21FN6O. The molecule has 2 heterocycles. The number of nitrogens with one attached hydrogen (secondary N) is 2. The maximum Gasteiger partial charge on any atom is 0.321 e. The number of halogens is 1. The molecule has 0 saturated heterocycles. The quantitative estimate of drug-likeness (QED) is 0.464. The van der Waals surface area contributed by atoms with Gasteiger partial charge in [0, 0.05) is 29.7 Å². The first-order valence-corrected chi connectivity index (χ1v) is 9.18. The normalized spacial score (nSPS) is 11.0. The number of hydrogen-bond donors (Lipinski definition) is 3. The summed E-state index contributed by atoms with van der Waals surface area (Å²) < 4.78 is 18.7. The van der Waals surface area contributed by atoms with E-state index in [0.717, 1.165) is 33.3 Å². The van der Waals surface area contributed by atoms with Crippen LogP contribution in [0, 0.1) is 12.7 Å². The number of fused-ring (bicyclic) bond motifs is 1. The fourth-order valence-electron chi connectivity index (χ4n) is 3.33. The lowest BCUT2D eigenvalue weighted by Gasteiger charge is -2.09. The molecule has 0 bridgehead atoms. The van der Waals surface area contributed by atoms with Gasteiger partial charge in [-0.25, -0.2) is 4.39 Å². The van der Waals surface area contributed by atoms with E-state index in [1.807, 2.05) is 31.2 Å². The monoisotopic (exact) mass is 392 g/mol. The van der Waals surface area contributed by atoms with Gasteiger partial charge in [-0.15, -0.1) is 0 Å². The number of benzene rings is 2. The fraction of sp³-hybridized carbons (Fsp3) is 0.190. The first-order valence-electron chi connectivity index (χ1n) is 9.18. The highest BCUT2D eigenvalue weighted by molar-refractivity contribution is 5.97. The Labute approximate surface area is 167 Å². The second kappa shape index (κ2) is 7.84. The summed E-state index contributed by atoms with van der Waals surface area (Å²) in [6, 6.07) is 12.5. The highest BCUT2D eigenvalue weighted by atomic mass is 19.1. The lowest BCUT2D eigenvalue weighted by atomic mass is 10.1. The smallest absolute Gasteiger partial charge is 0.321 e. The Morgan fingerprint density at radius 3 is 2.72 bits per heavy atom. The molecule has 0 aliphatic carbocycles. The van der Waals surface area contributed by atoms with Crippen molar-refractivity contribution in [3.8, 4) is 17.4 Å².